The van der Waals surface area contributed by atoms with Crippen molar-refractivity contribution in [1.29, 1.82) is 0 Å². The minimum atomic E-state index is -0.913. The number of aliphatic hydroxyl groups excluding tert-OH is 1. The van der Waals surface area contributed by atoms with E-state index in [2.05, 4.69) is 0 Å². The molecule has 0 aromatic heterocycles. The zero-order chi connectivity index (χ0) is 9.72. The van der Waals surface area contributed by atoms with Gasteiger partial charge in [0, 0.05) is 0 Å². The molecule has 0 saturated carbocycles. The van der Waals surface area contributed by atoms with Crippen molar-refractivity contribution < 1.29 is 14.7 Å². The van der Waals surface area contributed by atoms with E-state index >= 15 is 0 Å². The van der Waals surface area contributed by atoms with Gasteiger partial charge in [0.1, 0.15) is 5.57 Å². The number of carbonyl (C=O) groups excluding carboxylic acids is 2. The van der Waals surface area contributed by atoms with Crippen LogP contribution in [0, 0.1) is 0 Å². The normalized spacial score (nSPS) is 11.8. The Morgan fingerprint density at radius 2 is 2.00 bits per heavy atom. The van der Waals surface area contributed by atoms with Crippen LogP contribution in [-0.2, 0) is 9.59 Å². The molecule has 0 aromatic carbocycles. The molecule has 12 heavy (non-hydrogen) atoms. The molecule has 0 fully saturated rings. The lowest BCUT2D eigenvalue weighted by atomic mass is 10.2. The summed E-state index contributed by atoms with van der Waals surface area (Å²) in [7, 11) is 3.35. The van der Waals surface area contributed by atoms with E-state index in [1.54, 1.807) is 19.0 Å². The van der Waals surface area contributed by atoms with Crippen LogP contribution in [-0.4, -0.2) is 42.3 Å². The van der Waals surface area contributed by atoms with E-state index in [9.17, 15) is 9.59 Å². The van der Waals surface area contributed by atoms with Crippen LogP contribution >= 0.6 is 0 Å². The second-order valence-corrected chi connectivity index (χ2v) is 2.57. The first-order chi connectivity index (χ1) is 5.49. The zero-order valence-corrected chi connectivity index (χ0v) is 7.07. The van der Waals surface area contributed by atoms with Gasteiger partial charge in [-0.3, -0.25) is 9.59 Å². The zero-order valence-electron chi connectivity index (χ0n) is 7.07. The number of nitrogens with zero attached hydrogens (tertiary/aromatic N) is 1. The first kappa shape index (κ1) is 10.6. The van der Waals surface area contributed by atoms with Gasteiger partial charge in [0.25, 0.3) is 5.91 Å². The summed E-state index contributed by atoms with van der Waals surface area (Å²) >= 11 is 0. The van der Waals surface area contributed by atoms with Crippen molar-refractivity contribution in [2.75, 3.05) is 20.6 Å². The summed E-state index contributed by atoms with van der Waals surface area (Å²) < 4.78 is 0. The number of primary amides is 1. The molecule has 0 aliphatic heterocycles. The molecule has 5 heteroatoms. The molecule has 0 aliphatic carbocycles. The molecule has 0 rings (SSSR count). The smallest absolute Gasteiger partial charge is 0.255 e. The van der Waals surface area contributed by atoms with Crippen LogP contribution in [0.1, 0.15) is 0 Å². The SMILES string of the molecule is CN(C)CC(=O)C(=CO)C(N)=O. The van der Waals surface area contributed by atoms with Crippen LogP contribution in [0.4, 0.5) is 0 Å². The molecule has 0 bridgehead atoms. The van der Waals surface area contributed by atoms with Gasteiger partial charge in [-0.25, -0.2) is 0 Å². The maximum atomic E-state index is 11.1. The third kappa shape index (κ3) is 3.16. The highest BCUT2D eigenvalue weighted by molar-refractivity contribution is 6.19. The van der Waals surface area contributed by atoms with Gasteiger partial charge < -0.3 is 15.7 Å². The molecule has 1 amide bonds. The molecule has 0 atom stereocenters. The number of hydrogen-bond donors (Lipinski definition) is 2. The van der Waals surface area contributed by atoms with Crippen molar-refractivity contribution >= 4 is 11.7 Å². The highest BCUT2D eigenvalue weighted by Gasteiger charge is 2.15. The van der Waals surface area contributed by atoms with Crippen molar-refractivity contribution in [3.05, 3.63) is 11.8 Å². The number of likely N-dealkylation sites (N-methyl/N-ethyl adjacent to an activating group) is 1. The van der Waals surface area contributed by atoms with Crippen molar-refractivity contribution in [2.45, 2.75) is 0 Å². The lowest BCUT2D eigenvalue weighted by Gasteiger charge is -2.07. The average Bonchev–Trinajstić information content (AvgIpc) is 1.85. The predicted octanol–water partition coefficient (Wildman–Crippen LogP) is -0.956. The quantitative estimate of drug-likeness (QED) is 0.248. The fourth-order valence-electron chi connectivity index (χ4n) is 0.645. The molecule has 0 saturated heterocycles. The van der Waals surface area contributed by atoms with Gasteiger partial charge >= 0.3 is 0 Å². The minimum absolute atomic E-state index is 0.0509. The maximum absolute atomic E-state index is 11.1. The molecule has 0 spiro atoms. The van der Waals surface area contributed by atoms with Crippen LogP contribution < -0.4 is 5.73 Å². The third-order valence-electron chi connectivity index (χ3n) is 1.15. The molecule has 0 aromatic rings. The Morgan fingerprint density at radius 3 is 2.25 bits per heavy atom. The highest BCUT2D eigenvalue weighted by atomic mass is 16.2. The summed E-state index contributed by atoms with van der Waals surface area (Å²) in [4.78, 5) is 23.1. The van der Waals surface area contributed by atoms with E-state index in [0.717, 1.165) is 0 Å². The van der Waals surface area contributed by atoms with Gasteiger partial charge in [-0.2, -0.15) is 0 Å². The largest absolute Gasteiger partial charge is 0.515 e. The topological polar surface area (TPSA) is 83.6 Å². The number of aliphatic hydroxyl groups is 1. The predicted molar refractivity (Wildman–Crippen MR) is 43.5 cm³/mol. The van der Waals surface area contributed by atoms with Gasteiger partial charge in [0.2, 0.25) is 0 Å². The second-order valence-electron chi connectivity index (χ2n) is 2.57. The van der Waals surface area contributed by atoms with Gasteiger partial charge in [-0.15, -0.1) is 0 Å². The first-order valence-electron chi connectivity index (χ1n) is 3.31. The van der Waals surface area contributed by atoms with E-state index in [-0.39, 0.29) is 12.1 Å². The van der Waals surface area contributed by atoms with E-state index < -0.39 is 11.7 Å². The third-order valence-corrected chi connectivity index (χ3v) is 1.15. The van der Waals surface area contributed by atoms with Crippen LogP contribution in [0.15, 0.2) is 11.8 Å². The van der Waals surface area contributed by atoms with Gasteiger partial charge in [-0.05, 0) is 14.1 Å². The molecule has 68 valence electrons. The summed E-state index contributed by atoms with van der Waals surface area (Å²) in [5.74, 6) is -1.40. The van der Waals surface area contributed by atoms with Crippen molar-refractivity contribution in [3.8, 4) is 0 Å². The number of ketones is 1. The van der Waals surface area contributed by atoms with Gasteiger partial charge in [-0.1, -0.05) is 0 Å². The lowest BCUT2D eigenvalue weighted by molar-refractivity contribution is -0.121. The molecule has 3 N–H and O–H groups in total. The second kappa shape index (κ2) is 4.50. The molecular weight excluding hydrogens is 160 g/mol. The van der Waals surface area contributed by atoms with E-state index in [0.29, 0.717) is 6.26 Å². The summed E-state index contributed by atoms with van der Waals surface area (Å²) in [6.07, 6.45) is 0.439. The monoisotopic (exact) mass is 172 g/mol. The van der Waals surface area contributed by atoms with E-state index in [1.165, 1.54) is 0 Å². The number of amides is 1. The average molecular weight is 172 g/mol. The Bertz CT molecular complexity index is 221. The van der Waals surface area contributed by atoms with Crippen LogP contribution in [0.2, 0.25) is 0 Å². The fourth-order valence-corrected chi connectivity index (χ4v) is 0.645. The Balaban J connectivity index is 4.35. The van der Waals surface area contributed by atoms with Gasteiger partial charge in [0.05, 0.1) is 12.8 Å². The number of carbonyl (C=O) groups is 2. The molecule has 0 radical (unpaired) electrons. The molecule has 0 unspecified atom stereocenters. The maximum Gasteiger partial charge on any atom is 0.255 e. The van der Waals surface area contributed by atoms with Crippen molar-refractivity contribution in [3.63, 3.8) is 0 Å². The lowest BCUT2D eigenvalue weighted by Crippen LogP contribution is -2.28. The van der Waals surface area contributed by atoms with E-state index in [4.69, 9.17) is 10.8 Å². The number of hydrogen-bond acceptors (Lipinski definition) is 4. The first-order valence-corrected chi connectivity index (χ1v) is 3.31. The Labute approximate surface area is 70.5 Å². The molecule has 0 heterocycles. The Morgan fingerprint density at radius 1 is 1.50 bits per heavy atom. The number of Topliss-reactive ketones (excluding diaryl/α,β-unsaturated/α-hetero) is 1. The number of nitrogens with two attached hydrogens (primary N) is 1. The highest BCUT2D eigenvalue weighted by Crippen LogP contribution is 1.94. The fraction of sp³-hybridized carbons (Fsp3) is 0.429. The summed E-state index contributed by atoms with van der Waals surface area (Å²) in [5, 5.41) is 8.48. The number of rotatable bonds is 4. The van der Waals surface area contributed by atoms with Crippen molar-refractivity contribution in [1.82, 2.24) is 4.90 Å². The van der Waals surface area contributed by atoms with Crippen LogP contribution in [0.3, 0.4) is 0 Å². The minimum Gasteiger partial charge on any atom is -0.515 e. The molecule has 5 nitrogen and oxygen atoms in total. The standard InChI is InChI=1S/C7H12N2O3/c1-9(2)3-6(11)5(4-10)7(8)12/h4,10H,3H2,1-2H3,(H2,8,12). The summed E-state index contributed by atoms with van der Waals surface area (Å²) in [5.41, 5.74) is 4.45. The van der Waals surface area contributed by atoms with Crippen LogP contribution in [0.25, 0.3) is 0 Å². The Kier molecular flexibility index (Phi) is 3.99. The van der Waals surface area contributed by atoms with Gasteiger partial charge in [0.15, 0.2) is 5.78 Å². The summed E-state index contributed by atoms with van der Waals surface area (Å²) in [6, 6.07) is 0. The summed E-state index contributed by atoms with van der Waals surface area (Å²) in [6.45, 7) is 0.0509. The Hall–Kier alpha value is -1.36. The van der Waals surface area contributed by atoms with E-state index in [1.807, 2.05) is 0 Å². The van der Waals surface area contributed by atoms with Crippen molar-refractivity contribution in [2.24, 2.45) is 5.73 Å². The molecular formula is C7H12N2O3. The molecule has 0 aliphatic rings. The van der Waals surface area contributed by atoms with Crippen LogP contribution in [0.5, 0.6) is 0 Å².